The lowest BCUT2D eigenvalue weighted by atomic mass is 10.2. The monoisotopic (exact) mass is 306 g/mol. The molecule has 1 amide bonds. The highest BCUT2D eigenvalue weighted by Crippen LogP contribution is 2.28. The van der Waals surface area contributed by atoms with Crippen molar-refractivity contribution in [1.82, 2.24) is 4.98 Å². The number of benzene rings is 1. The van der Waals surface area contributed by atoms with Crippen molar-refractivity contribution in [2.24, 2.45) is 0 Å². The number of hydrogen-bond acceptors (Lipinski definition) is 3. The number of amides is 1. The van der Waals surface area contributed by atoms with Gasteiger partial charge in [-0.3, -0.25) is 9.78 Å². The zero-order chi connectivity index (χ0) is 13.0. The SMILES string of the molecule is COc1ccc(Br)cc1NC(=O)c1ccccn1. The number of anilines is 1. The number of rotatable bonds is 3. The van der Waals surface area contributed by atoms with Crippen molar-refractivity contribution in [3.05, 3.63) is 52.8 Å². The summed E-state index contributed by atoms with van der Waals surface area (Å²) in [5.74, 6) is 0.328. The summed E-state index contributed by atoms with van der Waals surface area (Å²) in [7, 11) is 1.56. The molecular weight excluding hydrogens is 296 g/mol. The summed E-state index contributed by atoms with van der Waals surface area (Å²) in [6.07, 6.45) is 1.58. The van der Waals surface area contributed by atoms with E-state index in [9.17, 15) is 4.79 Å². The zero-order valence-corrected chi connectivity index (χ0v) is 11.3. The minimum Gasteiger partial charge on any atom is -0.495 e. The fourth-order valence-corrected chi connectivity index (χ4v) is 1.82. The molecule has 0 atom stereocenters. The van der Waals surface area contributed by atoms with Crippen LogP contribution >= 0.6 is 15.9 Å². The number of halogens is 1. The molecule has 1 aromatic carbocycles. The van der Waals surface area contributed by atoms with Gasteiger partial charge in [0.1, 0.15) is 11.4 Å². The molecule has 1 aromatic heterocycles. The summed E-state index contributed by atoms with van der Waals surface area (Å²) < 4.78 is 6.04. The van der Waals surface area contributed by atoms with Crippen LogP contribution < -0.4 is 10.1 Å². The third-order valence-electron chi connectivity index (χ3n) is 2.31. The predicted molar refractivity (Wildman–Crippen MR) is 72.9 cm³/mol. The summed E-state index contributed by atoms with van der Waals surface area (Å²) in [6.45, 7) is 0. The fraction of sp³-hybridized carbons (Fsp3) is 0.0769. The zero-order valence-electron chi connectivity index (χ0n) is 9.68. The molecule has 0 radical (unpaired) electrons. The Morgan fingerprint density at radius 3 is 2.83 bits per heavy atom. The van der Waals surface area contributed by atoms with E-state index in [0.29, 0.717) is 17.1 Å². The summed E-state index contributed by atoms with van der Waals surface area (Å²) in [6, 6.07) is 10.6. The number of nitrogens with zero attached hydrogens (tertiary/aromatic N) is 1. The second kappa shape index (κ2) is 5.64. The first-order valence-electron chi connectivity index (χ1n) is 5.26. The lowest BCUT2D eigenvalue weighted by molar-refractivity contribution is 0.102. The van der Waals surface area contributed by atoms with Crippen molar-refractivity contribution in [1.29, 1.82) is 0 Å². The van der Waals surface area contributed by atoms with Gasteiger partial charge in [-0.05, 0) is 30.3 Å². The van der Waals surface area contributed by atoms with Gasteiger partial charge in [0.25, 0.3) is 5.91 Å². The second-order valence-electron chi connectivity index (χ2n) is 3.51. The Kier molecular flexibility index (Phi) is 3.94. The number of pyridine rings is 1. The Balaban J connectivity index is 2.24. The maximum atomic E-state index is 11.9. The third kappa shape index (κ3) is 2.87. The number of carbonyl (C=O) groups excluding carboxylic acids is 1. The normalized spacial score (nSPS) is 9.89. The molecular formula is C13H11BrN2O2. The average molecular weight is 307 g/mol. The van der Waals surface area contributed by atoms with Crippen LogP contribution in [0.15, 0.2) is 47.1 Å². The van der Waals surface area contributed by atoms with Gasteiger partial charge in [0.2, 0.25) is 0 Å². The lowest BCUT2D eigenvalue weighted by Gasteiger charge is -2.10. The fourth-order valence-electron chi connectivity index (χ4n) is 1.46. The summed E-state index contributed by atoms with van der Waals surface area (Å²) in [4.78, 5) is 15.9. The molecule has 0 saturated heterocycles. The number of methoxy groups -OCH3 is 1. The molecule has 92 valence electrons. The minimum atomic E-state index is -0.271. The molecule has 0 bridgehead atoms. The molecule has 0 aliphatic carbocycles. The predicted octanol–water partition coefficient (Wildman–Crippen LogP) is 3.11. The highest BCUT2D eigenvalue weighted by molar-refractivity contribution is 9.10. The molecule has 4 nitrogen and oxygen atoms in total. The lowest BCUT2D eigenvalue weighted by Crippen LogP contribution is -2.14. The molecule has 1 N–H and O–H groups in total. The highest BCUT2D eigenvalue weighted by Gasteiger charge is 2.10. The van der Waals surface area contributed by atoms with Gasteiger partial charge in [0, 0.05) is 10.7 Å². The summed E-state index contributed by atoms with van der Waals surface area (Å²) in [5, 5.41) is 2.76. The van der Waals surface area contributed by atoms with Crippen molar-refractivity contribution >= 4 is 27.5 Å². The van der Waals surface area contributed by atoms with Gasteiger partial charge >= 0.3 is 0 Å². The van der Waals surface area contributed by atoms with Crippen LogP contribution in [0.5, 0.6) is 5.75 Å². The Hall–Kier alpha value is -1.88. The van der Waals surface area contributed by atoms with E-state index in [4.69, 9.17) is 4.74 Å². The van der Waals surface area contributed by atoms with Crippen molar-refractivity contribution in [3.63, 3.8) is 0 Å². The molecule has 0 aliphatic heterocycles. The topological polar surface area (TPSA) is 51.2 Å². The quantitative estimate of drug-likeness (QED) is 0.948. The maximum absolute atomic E-state index is 11.9. The van der Waals surface area contributed by atoms with Gasteiger partial charge in [0.15, 0.2) is 0 Å². The standard InChI is InChI=1S/C13H11BrN2O2/c1-18-12-6-5-9(14)8-11(12)16-13(17)10-4-2-3-7-15-10/h2-8H,1H3,(H,16,17). The Morgan fingerprint density at radius 2 is 2.17 bits per heavy atom. The first-order chi connectivity index (χ1) is 8.70. The largest absolute Gasteiger partial charge is 0.495 e. The molecule has 0 spiro atoms. The van der Waals surface area contributed by atoms with E-state index in [1.165, 1.54) is 0 Å². The Labute approximate surface area is 113 Å². The van der Waals surface area contributed by atoms with E-state index in [2.05, 4.69) is 26.2 Å². The van der Waals surface area contributed by atoms with E-state index >= 15 is 0 Å². The second-order valence-corrected chi connectivity index (χ2v) is 4.43. The molecule has 0 unspecified atom stereocenters. The van der Waals surface area contributed by atoms with E-state index in [1.807, 2.05) is 6.07 Å². The Morgan fingerprint density at radius 1 is 1.33 bits per heavy atom. The smallest absolute Gasteiger partial charge is 0.274 e. The van der Waals surface area contributed by atoms with Crippen LogP contribution in [-0.4, -0.2) is 18.0 Å². The number of hydrogen-bond donors (Lipinski definition) is 1. The van der Waals surface area contributed by atoms with Crippen LogP contribution in [0.25, 0.3) is 0 Å². The van der Waals surface area contributed by atoms with Crippen LogP contribution in [0.4, 0.5) is 5.69 Å². The molecule has 5 heteroatoms. The number of aromatic nitrogens is 1. The van der Waals surface area contributed by atoms with Crippen LogP contribution in [0, 0.1) is 0 Å². The van der Waals surface area contributed by atoms with Crippen molar-refractivity contribution in [3.8, 4) is 5.75 Å². The van der Waals surface area contributed by atoms with Crippen LogP contribution in [-0.2, 0) is 0 Å². The Bertz CT molecular complexity index is 558. The van der Waals surface area contributed by atoms with E-state index < -0.39 is 0 Å². The molecule has 0 saturated carbocycles. The number of ether oxygens (including phenoxy) is 1. The van der Waals surface area contributed by atoms with Gasteiger partial charge in [-0.15, -0.1) is 0 Å². The van der Waals surface area contributed by atoms with Crippen LogP contribution in [0.2, 0.25) is 0 Å². The minimum absolute atomic E-state index is 0.271. The van der Waals surface area contributed by atoms with E-state index in [0.717, 1.165) is 4.47 Å². The van der Waals surface area contributed by atoms with Gasteiger partial charge in [-0.25, -0.2) is 0 Å². The van der Waals surface area contributed by atoms with Gasteiger partial charge in [-0.1, -0.05) is 22.0 Å². The molecule has 18 heavy (non-hydrogen) atoms. The van der Waals surface area contributed by atoms with Gasteiger partial charge in [-0.2, -0.15) is 0 Å². The summed E-state index contributed by atoms with van der Waals surface area (Å²) in [5.41, 5.74) is 0.960. The summed E-state index contributed by atoms with van der Waals surface area (Å²) >= 11 is 3.35. The van der Waals surface area contributed by atoms with Gasteiger partial charge in [0.05, 0.1) is 12.8 Å². The van der Waals surface area contributed by atoms with Crippen molar-refractivity contribution in [2.75, 3.05) is 12.4 Å². The average Bonchev–Trinajstić information content (AvgIpc) is 2.40. The molecule has 2 rings (SSSR count). The highest BCUT2D eigenvalue weighted by atomic mass is 79.9. The van der Waals surface area contributed by atoms with E-state index in [1.54, 1.807) is 43.6 Å². The number of nitrogens with one attached hydrogen (secondary N) is 1. The van der Waals surface area contributed by atoms with Gasteiger partial charge < -0.3 is 10.1 Å². The molecule has 1 heterocycles. The maximum Gasteiger partial charge on any atom is 0.274 e. The molecule has 2 aromatic rings. The molecule has 0 aliphatic rings. The number of carbonyl (C=O) groups is 1. The van der Waals surface area contributed by atoms with Crippen molar-refractivity contribution < 1.29 is 9.53 Å². The molecule has 0 fully saturated rings. The third-order valence-corrected chi connectivity index (χ3v) is 2.80. The van der Waals surface area contributed by atoms with Crippen LogP contribution in [0.3, 0.4) is 0 Å². The van der Waals surface area contributed by atoms with Crippen LogP contribution in [0.1, 0.15) is 10.5 Å². The first-order valence-corrected chi connectivity index (χ1v) is 6.06. The van der Waals surface area contributed by atoms with E-state index in [-0.39, 0.29) is 5.91 Å². The van der Waals surface area contributed by atoms with Crippen molar-refractivity contribution in [2.45, 2.75) is 0 Å². The first kappa shape index (κ1) is 12.6.